The first kappa shape index (κ1) is 11.2. The summed E-state index contributed by atoms with van der Waals surface area (Å²) in [6, 6.07) is -0.221. The molecule has 6 heteroatoms. The number of aliphatic hydroxyl groups excluding tert-OH is 1. The lowest BCUT2D eigenvalue weighted by molar-refractivity contribution is 0.187. The highest BCUT2D eigenvalue weighted by Crippen LogP contribution is 2.23. The van der Waals surface area contributed by atoms with E-state index >= 15 is 0 Å². The van der Waals surface area contributed by atoms with E-state index in [9.17, 15) is 8.42 Å². The van der Waals surface area contributed by atoms with Crippen LogP contribution >= 0.6 is 11.6 Å². The van der Waals surface area contributed by atoms with E-state index < -0.39 is 20.7 Å². The molecule has 1 rings (SSSR count). The molecule has 0 aromatic rings. The molecule has 3 unspecified atom stereocenters. The summed E-state index contributed by atoms with van der Waals surface area (Å²) in [5.41, 5.74) is 0. The Kier molecular flexibility index (Phi) is 3.57. The lowest BCUT2D eigenvalue weighted by Gasteiger charge is -2.15. The van der Waals surface area contributed by atoms with Gasteiger partial charge in [0.25, 0.3) is 0 Å². The molecule has 0 aromatic carbocycles. The maximum atomic E-state index is 11.2. The number of hydrogen-bond acceptors (Lipinski definition) is 4. The molecule has 3 atom stereocenters. The molecule has 0 radical (unpaired) electrons. The van der Waals surface area contributed by atoms with E-state index in [-0.39, 0.29) is 11.8 Å². The predicted molar refractivity (Wildman–Crippen MR) is 51.5 cm³/mol. The Balaban J connectivity index is 2.47. The van der Waals surface area contributed by atoms with Gasteiger partial charge < -0.3 is 10.4 Å². The van der Waals surface area contributed by atoms with Gasteiger partial charge in [-0.05, 0) is 13.3 Å². The molecule has 13 heavy (non-hydrogen) atoms. The zero-order chi connectivity index (χ0) is 10.1. The molecule has 1 saturated heterocycles. The number of hydrogen-bond donors (Lipinski definition) is 2. The monoisotopic (exact) mass is 227 g/mol. The Morgan fingerprint density at radius 3 is 2.69 bits per heavy atom. The van der Waals surface area contributed by atoms with Gasteiger partial charge in [0.1, 0.15) is 0 Å². The van der Waals surface area contributed by atoms with Gasteiger partial charge in [0, 0.05) is 12.6 Å². The van der Waals surface area contributed by atoms with Crippen LogP contribution in [0, 0.1) is 0 Å². The van der Waals surface area contributed by atoms with Crippen LogP contribution in [0.15, 0.2) is 0 Å². The third-order valence-electron chi connectivity index (χ3n) is 2.05. The molecule has 1 heterocycles. The predicted octanol–water partition coefficient (Wildman–Crippen LogP) is -0.291. The lowest BCUT2D eigenvalue weighted by atomic mass is 10.2. The van der Waals surface area contributed by atoms with Crippen molar-refractivity contribution >= 4 is 21.4 Å². The van der Waals surface area contributed by atoms with E-state index in [4.69, 9.17) is 16.7 Å². The molecule has 0 saturated carbocycles. The van der Waals surface area contributed by atoms with Gasteiger partial charge in [0.2, 0.25) is 0 Å². The minimum atomic E-state index is -3.10. The fourth-order valence-corrected chi connectivity index (χ4v) is 3.32. The van der Waals surface area contributed by atoms with Crippen molar-refractivity contribution in [1.82, 2.24) is 5.32 Å². The van der Waals surface area contributed by atoms with Crippen LogP contribution in [0.3, 0.4) is 0 Å². The van der Waals surface area contributed by atoms with Crippen LogP contribution in [0.1, 0.15) is 13.3 Å². The van der Waals surface area contributed by atoms with Gasteiger partial charge in [-0.15, -0.1) is 11.6 Å². The molecule has 2 N–H and O–H groups in total. The summed E-state index contributed by atoms with van der Waals surface area (Å²) in [5, 5.41) is 11.9. The standard InChI is InChI=1S/C7H14ClNO3S/c1-5(10)4-9-6-2-3-13(11,12)7(6)8/h5-7,9-10H,2-4H2,1H3. The van der Waals surface area contributed by atoms with Gasteiger partial charge >= 0.3 is 0 Å². The summed E-state index contributed by atoms with van der Waals surface area (Å²) in [6.45, 7) is 2.02. The molecule has 78 valence electrons. The minimum Gasteiger partial charge on any atom is -0.392 e. The van der Waals surface area contributed by atoms with Crippen molar-refractivity contribution in [2.45, 2.75) is 30.2 Å². The highest BCUT2D eigenvalue weighted by atomic mass is 35.5. The number of aliphatic hydroxyl groups is 1. The number of alkyl halides is 1. The van der Waals surface area contributed by atoms with Crippen molar-refractivity contribution in [3.05, 3.63) is 0 Å². The fraction of sp³-hybridized carbons (Fsp3) is 1.00. The first-order valence-corrected chi connectivity index (χ1v) is 6.36. The Labute approximate surface area is 83.2 Å². The van der Waals surface area contributed by atoms with Gasteiger partial charge in [-0.1, -0.05) is 0 Å². The quantitative estimate of drug-likeness (QED) is 0.651. The molecular formula is C7H14ClNO3S. The van der Waals surface area contributed by atoms with Crippen molar-refractivity contribution in [3.63, 3.8) is 0 Å². The highest BCUT2D eigenvalue weighted by Gasteiger charge is 2.38. The van der Waals surface area contributed by atoms with E-state index in [0.29, 0.717) is 13.0 Å². The molecule has 1 fully saturated rings. The van der Waals surface area contributed by atoms with Crippen LogP contribution in [0.2, 0.25) is 0 Å². The molecule has 4 nitrogen and oxygen atoms in total. The maximum absolute atomic E-state index is 11.2. The minimum absolute atomic E-state index is 0.138. The van der Waals surface area contributed by atoms with Crippen LogP contribution in [-0.4, -0.2) is 42.7 Å². The Hall–Kier alpha value is 0.160. The number of sulfone groups is 1. The molecular weight excluding hydrogens is 214 g/mol. The summed E-state index contributed by atoms with van der Waals surface area (Å²) in [7, 11) is -3.10. The van der Waals surface area contributed by atoms with Gasteiger partial charge in [0.15, 0.2) is 14.5 Å². The lowest BCUT2D eigenvalue weighted by Crippen LogP contribution is -2.38. The van der Waals surface area contributed by atoms with Crippen LogP contribution in [0.25, 0.3) is 0 Å². The number of halogens is 1. The first-order valence-electron chi connectivity index (χ1n) is 4.20. The molecule has 0 amide bonds. The summed E-state index contributed by atoms with van der Waals surface area (Å²) in [4.78, 5) is 0. The average molecular weight is 228 g/mol. The number of rotatable bonds is 3. The van der Waals surface area contributed by atoms with Gasteiger partial charge in [-0.3, -0.25) is 0 Å². The van der Waals surface area contributed by atoms with E-state index in [1.807, 2.05) is 0 Å². The molecule has 0 aliphatic carbocycles. The van der Waals surface area contributed by atoms with Crippen molar-refractivity contribution in [2.24, 2.45) is 0 Å². The maximum Gasteiger partial charge on any atom is 0.168 e. The van der Waals surface area contributed by atoms with Crippen LogP contribution in [0.4, 0.5) is 0 Å². The largest absolute Gasteiger partial charge is 0.392 e. The third-order valence-corrected chi connectivity index (χ3v) is 4.99. The molecule has 0 aromatic heterocycles. The van der Waals surface area contributed by atoms with E-state index in [0.717, 1.165) is 0 Å². The van der Waals surface area contributed by atoms with Crippen LogP contribution in [0.5, 0.6) is 0 Å². The Morgan fingerprint density at radius 2 is 2.31 bits per heavy atom. The zero-order valence-corrected chi connectivity index (χ0v) is 8.98. The molecule has 1 aliphatic heterocycles. The second-order valence-electron chi connectivity index (χ2n) is 3.37. The van der Waals surface area contributed by atoms with E-state index in [1.54, 1.807) is 6.92 Å². The first-order chi connectivity index (χ1) is 5.93. The Morgan fingerprint density at radius 1 is 1.69 bits per heavy atom. The van der Waals surface area contributed by atoms with Crippen molar-refractivity contribution < 1.29 is 13.5 Å². The summed E-state index contributed by atoms with van der Waals surface area (Å²) < 4.78 is 21.5. The second-order valence-corrected chi connectivity index (χ2v) is 6.34. The Bertz CT molecular complexity index is 265. The average Bonchev–Trinajstić information content (AvgIpc) is 2.25. The van der Waals surface area contributed by atoms with Crippen molar-refractivity contribution in [1.29, 1.82) is 0 Å². The van der Waals surface area contributed by atoms with Gasteiger partial charge in [-0.2, -0.15) is 0 Å². The van der Waals surface area contributed by atoms with Crippen molar-refractivity contribution in [3.8, 4) is 0 Å². The zero-order valence-electron chi connectivity index (χ0n) is 7.40. The normalized spacial score (nSPS) is 34.7. The van der Waals surface area contributed by atoms with Crippen LogP contribution < -0.4 is 5.32 Å². The van der Waals surface area contributed by atoms with Gasteiger partial charge in [-0.25, -0.2) is 8.42 Å². The summed E-state index contributed by atoms with van der Waals surface area (Å²) in [5.74, 6) is 0.138. The summed E-state index contributed by atoms with van der Waals surface area (Å²) >= 11 is 5.72. The fourth-order valence-electron chi connectivity index (χ4n) is 1.30. The van der Waals surface area contributed by atoms with Crippen LogP contribution in [-0.2, 0) is 9.84 Å². The molecule has 0 spiro atoms. The number of nitrogens with one attached hydrogen (secondary N) is 1. The van der Waals surface area contributed by atoms with E-state index in [1.165, 1.54) is 0 Å². The smallest absolute Gasteiger partial charge is 0.168 e. The van der Waals surface area contributed by atoms with E-state index in [2.05, 4.69) is 5.32 Å². The molecule has 0 bridgehead atoms. The topological polar surface area (TPSA) is 66.4 Å². The SMILES string of the molecule is CC(O)CNC1CCS(=O)(=O)C1Cl. The highest BCUT2D eigenvalue weighted by molar-refractivity contribution is 7.93. The summed E-state index contributed by atoms with van der Waals surface area (Å²) in [6.07, 6.45) is 0.0515. The van der Waals surface area contributed by atoms with Gasteiger partial charge in [0.05, 0.1) is 11.9 Å². The van der Waals surface area contributed by atoms with Crippen molar-refractivity contribution in [2.75, 3.05) is 12.3 Å². The third kappa shape index (κ3) is 2.80. The second kappa shape index (κ2) is 4.13. The molecule has 1 aliphatic rings.